The van der Waals surface area contributed by atoms with Crippen LogP contribution in [0.5, 0.6) is 0 Å². The Balaban J connectivity index is 1.40. The molecule has 4 aromatic carbocycles. The second-order valence-electron chi connectivity index (χ2n) is 9.76. The molecule has 4 heterocycles. The topological polar surface area (TPSA) is 77.3 Å². The van der Waals surface area contributed by atoms with Crippen LogP contribution in [-0.2, 0) is 0 Å². The fourth-order valence-corrected chi connectivity index (χ4v) is 6.48. The van der Waals surface area contributed by atoms with Crippen LogP contribution in [0.1, 0.15) is 0 Å². The van der Waals surface area contributed by atoms with Crippen LogP contribution < -0.4 is 0 Å². The van der Waals surface area contributed by atoms with E-state index >= 15 is 0 Å². The van der Waals surface area contributed by atoms with E-state index in [0.717, 1.165) is 66.3 Å². The van der Waals surface area contributed by atoms with Gasteiger partial charge in [-0.1, -0.05) is 66.7 Å². The van der Waals surface area contributed by atoms with Crippen molar-refractivity contribution >= 4 is 44.2 Å². The summed E-state index contributed by atoms with van der Waals surface area (Å²) in [4.78, 5) is 28.3. The third-order valence-electron chi connectivity index (χ3n) is 7.34. The van der Waals surface area contributed by atoms with Crippen LogP contribution in [0.3, 0.4) is 0 Å². The van der Waals surface area contributed by atoms with Crippen molar-refractivity contribution < 1.29 is 0 Å². The van der Waals surface area contributed by atoms with Crippen molar-refractivity contribution in [3.8, 4) is 56.4 Å². The quantitative estimate of drug-likeness (QED) is 0.191. The van der Waals surface area contributed by atoms with Gasteiger partial charge in [-0.25, -0.2) is 29.9 Å². The van der Waals surface area contributed by atoms with E-state index in [-0.39, 0.29) is 0 Å². The van der Waals surface area contributed by atoms with Crippen molar-refractivity contribution in [1.29, 1.82) is 0 Å². The molecule has 0 radical (unpaired) electrons. The van der Waals surface area contributed by atoms with E-state index in [1.807, 2.05) is 52.6 Å². The summed E-state index contributed by atoms with van der Waals surface area (Å²) in [7, 11) is 0. The molecule has 4 aromatic heterocycles. The normalized spacial score (nSPS) is 11.3. The van der Waals surface area contributed by atoms with Crippen molar-refractivity contribution in [2.75, 3.05) is 0 Å². The Bertz CT molecular complexity index is 2160. The lowest BCUT2D eigenvalue weighted by Crippen LogP contribution is -1.97. The van der Waals surface area contributed by atoms with Crippen LogP contribution in [-0.4, -0.2) is 29.9 Å². The predicted octanol–water partition coefficient (Wildman–Crippen LogP) is 8.82. The van der Waals surface area contributed by atoms with E-state index in [1.54, 1.807) is 22.7 Å². The fraction of sp³-hybridized carbons (Fsp3) is 0. The zero-order valence-electron chi connectivity index (χ0n) is 22.0. The lowest BCUT2D eigenvalue weighted by atomic mass is 9.89. The van der Waals surface area contributed by atoms with Gasteiger partial charge in [0, 0.05) is 57.8 Å². The average molecular weight is 577 g/mol. The Kier molecular flexibility index (Phi) is 6.05. The summed E-state index contributed by atoms with van der Waals surface area (Å²) in [5.74, 6) is 1.32. The third kappa shape index (κ3) is 4.25. The van der Waals surface area contributed by atoms with Gasteiger partial charge in [0.15, 0.2) is 11.6 Å². The average Bonchev–Trinajstić information content (AvgIpc) is 3.80. The number of hydrogen-bond acceptors (Lipinski definition) is 8. The molecule has 0 unspecified atom stereocenters. The highest BCUT2D eigenvalue weighted by Gasteiger charge is 2.20. The molecule has 6 nitrogen and oxygen atoms in total. The van der Waals surface area contributed by atoms with Crippen LogP contribution >= 0.6 is 22.7 Å². The fourth-order valence-electron chi connectivity index (χ4n) is 5.36. The highest BCUT2D eigenvalue weighted by Crippen LogP contribution is 2.43. The van der Waals surface area contributed by atoms with Gasteiger partial charge >= 0.3 is 0 Å². The molecule has 8 rings (SSSR count). The van der Waals surface area contributed by atoms with Gasteiger partial charge in [-0.15, -0.1) is 22.7 Å². The van der Waals surface area contributed by atoms with E-state index in [0.29, 0.717) is 11.6 Å². The minimum Gasteiger partial charge on any atom is -0.245 e. The van der Waals surface area contributed by atoms with E-state index in [2.05, 4.69) is 76.7 Å². The summed E-state index contributed by atoms with van der Waals surface area (Å²) in [5.41, 5.74) is 11.4. The summed E-state index contributed by atoms with van der Waals surface area (Å²) in [5, 5.41) is 8.17. The summed E-state index contributed by atoms with van der Waals surface area (Å²) >= 11 is 3.11. The molecule has 198 valence electrons. The van der Waals surface area contributed by atoms with Gasteiger partial charge in [0.25, 0.3) is 0 Å². The van der Waals surface area contributed by atoms with Crippen LogP contribution in [0.15, 0.2) is 119 Å². The molecule has 0 saturated carbocycles. The summed E-state index contributed by atoms with van der Waals surface area (Å²) in [6, 6.07) is 25.3. The molecular weight excluding hydrogens is 557 g/mol. The van der Waals surface area contributed by atoms with Gasteiger partial charge in [0.1, 0.15) is 0 Å². The van der Waals surface area contributed by atoms with Gasteiger partial charge in [-0.2, -0.15) is 0 Å². The maximum Gasteiger partial charge on any atom is 0.160 e. The Morgan fingerprint density at radius 2 is 0.905 bits per heavy atom. The number of rotatable bonds is 5. The zero-order valence-corrected chi connectivity index (χ0v) is 23.7. The number of hydrogen-bond donors (Lipinski definition) is 0. The Morgan fingerprint density at radius 1 is 0.405 bits per heavy atom. The van der Waals surface area contributed by atoms with Crippen molar-refractivity contribution in [3.05, 3.63) is 119 Å². The standard InChI is InChI=1S/C34H20N6S2/c1-2-6-21(7-3-1)22-10-11-27-28(12-22)32(34-37-15-24(16-38-34)30-18-42-20-40-30)26-9-5-4-8-25(26)31(27)33-35-13-23(14-36-33)29-17-41-19-39-29/h1-20H. The molecular formula is C34H20N6S2. The smallest absolute Gasteiger partial charge is 0.160 e. The van der Waals surface area contributed by atoms with E-state index < -0.39 is 0 Å². The molecule has 0 N–H and O–H groups in total. The Labute approximate surface area is 249 Å². The van der Waals surface area contributed by atoms with Gasteiger partial charge in [0.2, 0.25) is 0 Å². The van der Waals surface area contributed by atoms with Crippen molar-refractivity contribution in [2.24, 2.45) is 0 Å². The van der Waals surface area contributed by atoms with Gasteiger partial charge in [-0.05, 0) is 38.7 Å². The second-order valence-corrected chi connectivity index (χ2v) is 11.2. The molecule has 8 aromatic rings. The largest absolute Gasteiger partial charge is 0.245 e. The molecule has 8 heteroatoms. The Morgan fingerprint density at radius 3 is 1.43 bits per heavy atom. The molecule has 0 spiro atoms. The van der Waals surface area contributed by atoms with Crippen molar-refractivity contribution in [2.45, 2.75) is 0 Å². The van der Waals surface area contributed by atoms with Gasteiger partial charge in [0.05, 0.1) is 22.4 Å². The number of aromatic nitrogens is 6. The second kappa shape index (κ2) is 10.3. The SMILES string of the molecule is c1ccc(-c2ccc3c(-c4ncc(-c5cscn5)cn4)c4ccccc4c(-c4ncc(-c5cscn5)cn4)c3c2)cc1. The van der Waals surface area contributed by atoms with Crippen LogP contribution in [0.25, 0.3) is 78.0 Å². The highest BCUT2D eigenvalue weighted by atomic mass is 32.1. The van der Waals surface area contributed by atoms with Gasteiger partial charge in [-0.3, -0.25) is 0 Å². The van der Waals surface area contributed by atoms with Crippen LogP contribution in [0.4, 0.5) is 0 Å². The van der Waals surface area contributed by atoms with Crippen molar-refractivity contribution in [1.82, 2.24) is 29.9 Å². The molecule has 0 amide bonds. The van der Waals surface area contributed by atoms with E-state index in [9.17, 15) is 0 Å². The number of benzene rings is 4. The van der Waals surface area contributed by atoms with Crippen LogP contribution in [0.2, 0.25) is 0 Å². The first-order chi connectivity index (χ1) is 20.8. The number of thiazole rings is 2. The highest BCUT2D eigenvalue weighted by molar-refractivity contribution is 7.08. The summed E-state index contributed by atoms with van der Waals surface area (Å²) in [6.07, 6.45) is 7.41. The first-order valence-corrected chi connectivity index (χ1v) is 15.2. The maximum absolute atomic E-state index is 4.87. The molecule has 42 heavy (non-hydrogen) atoms. The maximum atomic E-state index is 4.87. The zero-order chi connectivity index (χ0) is 27.9. The molecule has 0 bridgehead atoms. The molecule has 0 aliphatic rings. The lowest BCUT2D eigenvalue weighted by molar-refractivity contribution is 1.17. The first-order valence-electron chi connectivity index (χ1n) is 13.3. The van der Waals surface area contributed by atoms with Crippen molar-refractivity contribution in [3.63, 3.8) is 0 Å². The minimum atomic E-state index is 0.659. The lowest BCUT2D eigenvalue weighted by Gasteiger charge is -2.17. The monoisotopic (exact) mass is 576 g/mol. The predicted molar refractivity (Wildman–Crippen MR) is 171 cm³/mol. The summed E-state index contributed by atoms with van der Waals surface area (Å²) < 4.78 is 0. The first kappa shape index (κ1) is 24.6. The Hall–Kier alpha value is -5.18. The third-order valence-corrected chi connectivity index (χ3v) is 8.51. The van der Waals surface area contributed by atoms with E-state index in [4.69, 9.17) is 19.9 Å². The van der Waals surface area contributed by atoms with Crippen LogP contribution in [0, 0.1) is 0 Å². The number of nitrogens with zero attached hydrogens (tertiary/aromatic N) is 6. The van der Waals surface area contributed by atoms with E-state index in [1.165, 1.54) is 0 Å². The molecule has 0 fully saturated rings. The molecule has 0 aliphatic heterocycles. The molecule has 0 atom stereocenters. The van der Waals surface area contributed by atoms with Gasteiger partial charge < -0.3 is 0 Å². The number of fused-ring (bicyclic) bond motifs is 2. The molecule has 0 aliphatic carbocycles. The minimum absolute atomic E-state index is 0.659. The summed E-state index contributed by atoms with van der Waals surface area (Å²) in [6.45, 7) is 0. The molecule has 0 saturated heterocycles.